The van der Waals surface area contributed by atoms with Crippen molar-refractivity contribution in [2.24, 2.45) is 0 Å². The van der Waals surface area contributed by atoms with E-state index in [1.165, 1.54) is 12.3 Å². The average molecular weight is 170 g/mol. The minimum absolute atomic E-state index is 0.194. The minimum Gasteiger partial charge on any atom is -0.260 e. The molecule has 1 aromatic heterocycles. The summed E-state index contributed by atoms with van der Waals surface area (Å²) in [4.78, 5) is 3.95. The second-order valence-corrected chi connectivity index (χ2v) is 4.20. The van der Waals surface area contributed by atoms with Crippen molar-refractivity contribution in [1.29, 1.82) is 0 Å². The monoisotopic (exact) mass is 170 g/mol. The summed E-state index contributed by atoms with van der Waals surface area (Å²) in [5.41, 5.74) is 0.301. The second kappa shape index (κ2) is 2.62. The Hall–Kier alpha value is -0.900. The van der Waals surface area contributed by atoms with Crippen molar-refractivity contribution in [2.45, 2.75) is 4.90 Å². The highest BCUT2D eigenvalue weighted by Crippen LogP contribution is 2.10. The zero-order valence-corrected chi connectivity index (χ0v) is 6.93. The van der Waals surface area contributed by atoms with E-state index in [0.717, 1.165) is 6.26 Å². The third-order valence-electron chi connectivity index (χ3n) is 1.25. The Balaban J connectivity index is 3.37. The molecule has 0 N–H and O–H groups in total. The maximum Gasteiger partial charge on any atom is 0.177 e. The minimum atomic E-state index is -3.16. The van der Waals surface area contributed by atoms with Gasteiger partial charge in [0.25, 0.3) is 0 Å². The molecule has 0 amide bonds. The Kier molecular flexibility index (Phi) is 1.95. The normalized spacial score (nSPS) is 11.5. The Morgan fingerprint density at radius 1 is 1.55 bits per heavy atom. The van der Waals surface area contributed by atoms with Crippen LogP contribution in [0.2, 0.25) is 0 Å². The topological polar surface area (TPSA) is 47.0 Å². The van der Waals surface area contributed by atoms with Gasteiger partial charge < -0.3 is 0 Å². The first-order valence-corrected chi connectivity index (χ1v) is 4.88. The Morgan fingerprint density at radius 2 is 2.18 bits per heavy atom. The molecular weight excluding hydrogens is 162 g/mol. The summed E-state index contributed by atoms with van der Waals surface area (Å²) in [6.07, 6.45) is 2.65. The Labute approximate surface area is 66.0 Å². The lowest BCUT2D eigenvalue weighted by molar-refractivity contribution is 0.601. The molecule has 0 saturated heterocycles. The van der Waals surface area contributed by atoms with Crippen molar-refractivity contribution in [3.8, 4) is 0 Å². The third kappa shape index (κ3) is 1.77. The van der Waals surface area contributed by atoms with Gasteiger partial charge in [-0.3, -0.25) is 4.98 Å². The average Bonchev–Trinajstić information content (AvgIpc) is 1.86. The standard InChI is InChI=1S/C7H8NO2S/c1-6-7(11(2,9)10)4-3-5-8-6/h3-5H,1H2,2H3. The number of aromatic nitrogens is 1. The van der Waals surface area contributed by atoms with Gasteiger partial charge in [-0.2, -0.15) is 0 Å². The fraction of sp³-hybridized carbons (Fsp3) is 0.143. The molecule has 3 nitrogen and oxygen atoms in total. The van der Waals surface area contributed by atoms with Crippen molar-refractivity contribution in [3.05, 3.63) is 30.9 Å². The van der Waals surface area contributed by atoms with E-state index in [1.807, 2.05) is 0 Å². The maximum atomic E-state index is 11.0. The number of nitrogens with zero attached hydrogens (tertiary/aromatic N) is 1. The summed E-state index contributed by atoms with van der Waals surface area (Å²) in [6.45, 7) is 3.50. The third-order valence-corrected chi connectivity index (χ3v) is 2.42. The molecule has 1 aromatic rings. The lowest BCUT2D eigenvalue weighted by Crippen LogP contribution is -2.00. The van der Waals surface area contributed by atoms with Gasteiger partial charge in [0.1, 0.15) is 0 Å². The maximum absolute atomic E-state index is 11.0. The molecule has 0 aliphatic heterocycles. The summed E-state index contributed by atoms with van der Waals surface area (Å²) in [5.74, 6) is 0. The zero-order chi connectivity index (χ0) is 8.48. The van der Waals surface area contributed by atoms with Gasteiger partial charge in [-0.05, 0) is 19.1 Å². The van der Waals surface area contributed by atoms with Crippen LogP contribution < -0.4 is 0 Å². The van der Waals surface area contributed by atoms with E-state index < -0.39 is 9.84 Å². The molecule has 0 saturated carbocycles. The zero-order valence-electron chi connectivity index (χ0n) is 6.11. The van der Waals surface area contributed by atoms with Gasteiger partial charge in [0.05, 0.1) is 10.6 Å². The summed E-state index contributed by atoms with van der Waals surface area (Å²) >= 11 is 0. The number of sulfone groups is 1. The highest BCUT2D eigenvalue weighted by molar-refractivity contribution is 7.90. The van der Waals surface area contributed by atoms with Crippen LogP contribution in [-0.4, -0.2) is 19.7 Å². The molecule has 0 unspecified atom stereocenters. The van der Waals surface area contributed by atoms with Crippen LogP contribution in [-0.2, 0) is 9.84 Å². The number of hydrogen-bond acceptors (Lipinski definition) is 3. The van der Waals surface area contributed by atoms with E-state index in [1.54, 1.807) is 6.07 Å². The lowest BCUT2D eigenvalue weighted by atomic mass is 10.4. The SMILES string of the molecule is [CH2]c1ncccc1S(C)(=O)=O. The molecule has 0 aromatic carbocycles. The molecule has 0 fully saturated rings. The Bertz CT molecular complexity index is 356. The second-order valence-electron chi connectivity index (χ2n) is 2.22. The molecule has 1 radical (unpaired) electrons. The van der Waals surface area contributed by atoms with Crippen LogP contribution in [0.4, 0.5) is 0 Å². The molecule has 11 heavy (non-hydrogen) atoms. The van der Waals surface area contributed by atoms with Crippen molar-refractivity contribution in [2.75, 3.05) is 6.26 Å². The van der Waals surface area contributed by atoms with Crippen LogP contribution in [0.3, 0.4) is 0 Å². The first-order chi connectivity index (χ1) is 5.02. The molecule has 0 bridgehead atoms. The van der Waals surface area contributed by atoms with E-state index in [9.17, 15) is 8.42 Å². The number of rotatable bonds is 1. The fourth-order valence-corrected chi connectivity index (χ4v) is 1.57. The van der Waals surface area contributed by atoms with Crippen LogP contribution in [0.15, 0.2) is 23.2 Å². The molecular formula is C7H8NO2S. The predicted molar refractivity (Wildman–Crippen MR) is 41.8 cm³/mol. The van der Waals surface area contributed by atoms with Crippen LogP contribution >= 0.6 is 0 Å². The summed E-state index contributed by atoms with van der Waals surface area (Å²) in [7, 11) is -3.16. The van der Waals surface area contributed by atoms with Gasteiger partial charge in [0, 0.05) is 12.5 Å². The van der Waals surface area contributed by atoms with Crippen LogP contribution in [0, 0.1) is 6.92 Å². The van der Waals surface area contributed by atoms with Gasteiger partial charge in [0.15, 0.2) is 9.84 Å². The van der Waals surface area contributed by atoms with Crippen molar-refractivity contribution >= 4 is 9.84 Å². The van der Waals surface area contributed by atoms with Gasteiger partial charge in [-0.25, -0.2) is 8.42 Å². The van der Waals surface area contributed by atoms with Crippen LogP contribution in [0.1, 0.15) is 5.69 Å². The van der Waals surface area contributed by atoms with E-state index in [2.05, 4.69) is 11.9 Å². The van der Waals surface area contributed by atoms with Gasteiger partial charge in [-0.15, -0.1) is 0 Å². The first kappa shape index (κ1) is 8.20. The predicted octanol–water partition coefficient (Wildman–Crippen LogP) is 0.667. The number of hydrogen-bond donors (Lipinski definition) is 0. The summed E-state index contributed by atoms with van der Waals surface area (Å²) in [5, 5.41) is 0. The van der Waals surface area contributed by atoms with Crippen LogP contribution in [0.25, 0.3) is 0 Å². The molecule has 0 aliphatic rings. The molecule has 59 valence electrons. The fourth-order valence-electron chi connectivity index (χ4n) is 0.761. The van der Waals surface area contributed by atoms with E-state index in [0.29, 0.717) is 5.69 Å². The first-order valence-electron chi connectivity index (χ1n) is 2.99. The van der Waals surface area contributed by atoms with E-state index >= 15 is 0 Å². The van der Waals surface area contributed by atoms with Gasteiger partial charge in [0.2, 0.25) is 0 Å². The molecule has 0 aliphatic carbocycles. The smallest absolute Gasteiger partial charge is 0.177 e. The number of pyridine rings is 1. The molecule has 1 heterocycles. The van der Waals surface area contributed by atoms with Crippen LogP contribution in [0.5, 0.6) is 0 Å². The molecule has 4 heteroatoms. The highest BCUT2D eigenvalue weighted by Gasteiger charge is 2.09. The summed E-state index contributed by atoms with van der Waals surface area (Å²) in [6, 6.07) is 3.07. The van der Waals surface area contributed by atoms with E-state index in [4.69, 9.17) is 0 Å². The van der Waals surface area contributed by atoms with Crippen molar-refractivity contribution < 1.29 is 8.42 Å². The molecule has 0 spiro atoms. The van der Waals surface area contributed by atoms with Crippen molar-refractivity contribution in [1.82, 2.24) is 4.98 Å². The molecule has 0 atom stereocenters. The molecule has 1 rings (SSSR count). The van der Waals surface area contributed by atoms with Gasteiger partial charge >= 0.3 is 0 Å². The largest absolute Gasteiger partial charge is 0.260 e. The summed E-state index contributed by atoms with van der Waals surface area (Å²) < 4.78 is 21.9. The van der Waals surface area contributed by atoms with Gasteiger partial charge in [-0.1, -0.05) is 0 Å². The quantitative estimate of drug-likeness (QED) is 0.622. The van der Waals surface area contributed by atoms with Crippen molar-refractivity contribution in [3.63, 3.8) is 0 Å². The Morgan fingerprint density at radius 3 is 2.55 bits per heavy atom. The lowest BCUT2D eigenvalue weighted by Gasteiger charge is -1.99. The van der Waals surface area contributed by atoms with E-state index in [-0.39, 0.29) is 4.90 Å². The highest BCUT2D eigenvalue weighted by atomic mass is 32.2.